The lowest BCUT2D eigenvalue weighted by molar-refractivity contribution is 0.101. The average molecular weight is 213 g/mol. The molecule has 0 aliphatic carbocycles. The molecule has 3 heteroatoms. The van der Waals surface area contributed by atoms with E-state index in [1.165, 1.54) is 6.92 Å². The molecule has 1 rings (SSSR count). The van der Waals surface area contributed by atoms with Gasteiger partial charge in [0.25, 0.3) is 0 Å². The van der Waals surface area contributed by atoms with E-state index in [4.69, 9.17) is 16.3 Å². The average Bonchev–Trinajstić information content (AvgIpc) is 2.15. The number of ether oxygens (including phenoxy) is 1. The molecule has 0 bridgehead atoms. The van der Waals surface area contributed by atoms with Crippen LogP contribution in [0.4, 0.5) is 0 Å². The van der Waals surface area contributed by atoms with E-state index >= 15 is 0 Å². The van der Waals surface area contributed by atoms with Gasteiger partial charge >= 0.3 is 0 Å². The summed E-state index contributed by atoms with van der Waals surface area (Å²) in [6.07, 6.45) is 0.891. The Hall–Kier alpha value is -1.02. The summed E-state index contributed by atoms with van der Waals surface area (Å²) in [6.45, 7) is 4.08. The number of ketones is 1. The van der Waals surface area contributed by atoms with Crippen LogP contribution in [0.25, 0.3) is 0 Å². The van der Waals surface area contributed by atoms with E-state index in [2.05, 4.69) is 0 Å². The van der Waals surface area contributed by atoms with Crippen LogP contribution < -0.4 is 4.74 Å². The monoisotopic (exact) mass is 212 g/mol. The van der Waals surface area contributed by atoms with Crippen LogP contribution in [0.2, 0.25) is 5.02 Å². The van der Waals surface area contributed by atoms with Crippen molar-refractivity contribution >= 4 is 17.4 Å². The van der Waals surface area contributed by atoms with Crippen molar-refractivity contribution in [1.29, 1.82) is 0 Å². The standard InChI is InChI=1S/C11H13ClO2/c1-3-7-14-11-9(8(2)13)5-4-6-10(11)12/h4-6H,3,7H2,1-2H3. The largest absolute Gasteiger partial charge is 0.491 e. The van der Waals surface area contributed by atoms with Crippen molar-refractivity contribution in [1.82, 2.24) is 0 Å². The van der Waals surface area contributed by atoms with Crippen LogP contribution in [-0.2, 0) is 0 Å². The number of para-hydroxylation sites is 1. The molecule has 0 heterocycles. The highest BCUT2D eigenvalue weighted by Gasteiger charge is 2.11. The summed E-state index contributed by atoms with van der Waals surface area (Å²) < 4.78 is 5.43. The Balaban J connectivity index is 3.02. The molecule has 0 aliphatic rings. The van der Waals surface area contributed by atoms with E-state index in [0.29, 0.717) is 22.9 Å². The third-order valence-corrected chi connectivity index (χ3v) is 2.09. The summed E-state index contributed by atoms with van der Waals surface area (Å²) in [7, 11) is 0. The topological polar surface area (TPSA) is 26.3 Å². The number of benzene rings is 1. The maximum Gasteiger partial charge on any atom is 0.163 e. The fourth-order valence-corrected chi connectivity index (χ4v) is 1.37. The van der Waals surface area contributed by atoms with Gasteiger partial charge < -0.3 is 4.74 Å². The van der Waals surface area contributed by atoms with Crippen LogP contribution >= 0.6 is 11.6 Å². The van der Waals surface area contributed by atoms with Gasteiger partial charge in [-0.05, 0) is 25.5 Å². The van der Waals surface area contributed by atoms with Crippen molar-refractivity contribution < 1.29 is 9.53 Å². The summed E-state index contributed by atoms with van der Waals surface area (Å²) in [5.74, 6) is 0.474. The lowest BCUT2D eigenvalue weighted by Gasteiger charge is -2.10. The third kappa shape index (κ3) is 2.48. The number of hydrogen-bond acceptors (Lipinski definition) is 2. The summed E-state index contributed by atoms with van der Waals surface area (Å²) in [4.78, 5) is 11.2. The lowest BCUT2D eigenvalue weighted by atomic mass is 10.1. The Morgan fingerprint density at radius 2 is 2.21 bits per heavy atom. The first-order valence-corrected chi connectivity index (χ1v) is 4.96. The molecule has 0 spiro atoms. The van der Waals surface area contributed by atoms with Gasteiger partial charge in [-0.1, -0.05) is 24.6 Å². The first-order valence-electron chi connectivity index (χ1n) is 4.59. The van der Waals surface area contributed by atoms with Crippen LogP contribution in [0.15, 0.2) is 18.2 Å². The maximum absolute atomic E-state index is 11.2. The van der Waals surface area contributed by atoms with Gasteiger partial charge in [-0.2, -0.15) is 0 Å². The number of rotatable bonds is 4. The lowest BCUT2D eigenvalue weighted by Crippen LogP contribution is -2.02. The fourth-order valence-electron chi connectivity index (χ4n) is 1.14. The molecule has 14 heavy (non-hydrogen) atoms. The number of carbonyl (C=O) groups excluding carboxylic acids is 1. The Kier molecular flexibility index (Phi) is 3.96. The highest BCUT2D eigenvalue weighted by molar-refractivity contribution is 6.32. The molecule has 2 nitrogen and oxygen atoms in total. The molecule has 0 saturated heterocycles. The van der Waals surface area contributed by atoms with Crippen molar-refractivity contribution in [2.45, 2.75) is 20.3 Å². The molecule has 0 aliphatic heterocycles. The minimum absolute atomic E-state index is 0.0291. The van der Waals surface area contributed by atoms with Crippen LogP contribution in [0, 0.1) is 0 Å². The summed E-state index contributed by atoms with van der Waals surface area (Å²) in [5, 5.41) is 0.492. The SMILES string of the molecule is CCCOc1c(Cl)cccc1C(C)=O. The third-order valence-electron chi connectivity index (χ3n) is 1.80. The molecule has 0 unspecified atom stereocenters. The number of carbonyl (C=O) groups is 1. The molecule has 0 atom stereocenters. The molecule has 76 valence electrons. The molecule has 0 aromatic heterocycles. The van der Waals surface area contributed by atoms with Crippen molar-refractivity contribution in [3.63, 3.8) is 0 Å². The summed E-state index contributed by atoms with van der Waals surface area (Å²) in [6, 6.07) is 5.19. The minimum Gasteiger partial charge on any atom is -0.491 e. The highest BCUT2D eigenvalue weighted by atomic mass is 35.5. The van der Waals surface area contributed by atoms with Gasteiger partial charge in [0.2, 0.25) is 0 Å². The van der Waals surface area contributed by atoms with E-state index in [0.717, 1.165) is 6.42 Å². The quantitative estimate of drug-likeness (QED) is 0.716. The molecule has 0 radical (unpaired) electrons. The van der Waals surface area contributed by atoms with Gasteiger partial charge in [-0.25, -0.2) is 0 Å². The van der Waals surface area contributed by atoms with Crippen molar-refractivity contribution in [2.75, 3.05) is 6.61 Å². The first-order chi connectivity index (χ1) is 6.66. The second-order valence-electron chi connectivity index (χ2n) is 3.02. The van der Waals surface area contributed by atoms with E-state index in [-0.39, 0.29) is 5.78 Å². The molecule has 1 aromatic rings. The summed E-state index contributed by atoms with van der Waals surface area (Å²) >= 11 is 5.93. The van der Waals surface area contributed by atoms with E-state index < -0.39 is 0 Å². The van der Waals surface area contributed by atoms with Gasteiger partial charge in [-0.15, -0.1) is 0 Å². The highest BCUT2D eigenvalue weighted by Crippen LogP contribution is 2.28. The predicted octanol–water partition coefficient (Wildman–Crippen LogP) is 3.33. The Labute approximate surface area is 88.8 Å². The molecule has 0 saturated carbocycles. The van der Waals surface area contributed by atoms with E-state index in [9.17, 15) is 4.79 Å². The zero-order valence-electron chi connectivity index (χ0n) is 8.34. The second kappa shape index (κ2) is 5.01. The second-order valence-corrected chi connectivity index (χ2v) is 3.43. The molecule has 0 N–H and O–H groups in total. The van der Waals surface area contributed by atoms with Crippen molar-refractivity contribution in [3.05, 3.63) is 28.8 Å². The maximum atomic E-state index is 11.2. The molecular weight excluding hydrogens is 200 g/mol. The zero-order chi connectivity index (χ0) is 10.6. The van der Waals surface area contributed by atoms with E-state index in [1.807, 2.05) is 6.92 Å². The molecule has 0 amide bonds. The Morgan fingerprint density at radius 1 is 1.50 bits per heavy atom. The fraction of sp³-hybridized carbons (Fsp3) is 0.364. The van der Waals surface area contributed by atoms with Crippen LogP contribution in [-0.4, -0.2) is 12.4 Å². The summed E-state index contributed by atoms with van der Waals surface area (Å²) in [5.41, 5.74) is 0.547. The van der Waals surface area contributed by atoms with Crippen LogP contribution in [0.5, 0.6) is 5.75 Å². The zero-order valence-corrected chi connectivity index (χ0v) is 9.10. The normalized spacial score (nSPS) is 9.93. The predicted molar refractivity (Wildman–Crippen MR) is 57.2 cm³/mol. The van der Waals surface area contributed by atoms with Gasteiger partial charge in [0.05, 0.1) is 17.2 Å². The number of halogens is 1. The van der Waals surface area contributed by atoms with Gasteiger partial charge in [0.15, 0.2) is 5.78 Å². The van der Waals surface area contributed by atoms with Crippen molar-refractivity contribution in [3.8, 4) is 5.75 Å². The minimum atomic E-state index is -0.0291. The van der Waals surface area contributed by atoms with Gasteiger partial charge in [0, 0.05) is 0 Å². The Morgan fingerprint density at radius 3 is 2.79 bits per heavy atom. The molecule has 1 aromatic carbocycles. The molecular formula is C11H13ClO2. The Bertz CT molecular complexity index is 334. The number of hydrogen-bond donors (Lipinski definition) is 0. The first kappa shape index (κ1) is 11.1. The van der Waals surface area contributed by atoms with Crippen LogP contribution in [0.1, 0.15) is 30.6 Å². The van der Waals surface area contributed by atoms with E-state index in [1.54, 1.807) is 18.2 Å². The van der Waals surface area contributed by atoms with Gasteiger partial charge in [-0.3, -0.25) is 4.79 Å². The van der Waals surface area contributed by atoms with Crippen LogP contribution in [0.3, 0.4) is 0 Å². The molecule has 0 fully saturated rings. The van der Waals surface area contributed by atoms with Gasteiger partial charge in [0.1, 0.15) is 5.75 Å². The number of Topliss-reactive ketones (excluding diaryl/α,β-unsaturated/α-hetero) is 1. The van der Waals surface area contributed by atoms with Crippen molar-refractivity contribution in [2.24, 2.45) is 0 Å². The smallest absolute Gasteiger partial charge is 0.163 e.